The first-order chi connectivity index (χ1) is 12.6. The molecule has 1 aromatic heterocycles. The molecule has 0 saturated carbocycles. The lowest BCUT2D eigenvalue weighted by Crippen LogP contribution is -2.29. The normalized spacial score (nSPS) is 13.3. The standard InChI is InChI=1S/C20H29N5OS/c1-6-11-25(22)13-17(21)18(23-27-20(2,3)4)15-8-7-9-16-14(15)10-12-24(5)19(16)26/h7-10,12-13H,6,11,21-22H2,1-5H3/b17-13-,23-18?. The van der Waals surface area contributed by atoms with Crippen LogP contribution in [0.1, 0.15) is 39.7 Å². The smallest absolute Gasteiger partial charge is 0.258 e. The fourth-order valence-electron chi connectivity index (χ4n) is 2.58. The second-order valence-electron chi connectivity index (χ2n) is 7.46. The van der Waals surface area contributed by atoms with Crippen molar-refractivity contribution >= 4 is 28.4 Å². The molecule has 7 heteroatoms. The molecule has 0 saturated heterocycles. The zero-order chi connectivity index (χ0) is 20.2. The summed E-state index contributed by atoms with van der Waals surface area (Å²) >= 11 is 1.45. The van der Waals surface area contributed by atoms with Crippen LogP contribution in [0.15, 0.2) is 51.6 Å². The number of allylic oxidation sites excluding steroid dienone is 1. The number of hydrogen-bond donors (Lipinski definition) is 2. The van der Waals surface area contributed by atoms with Gasteiger partial charge in [-0.2, -0.15) is 0 Å². The molecular formula is C20H29N5OS. The minimum Gasteiger partial charge on any atom is -0.396 e. The maximum absolute atomic E-state index is 12.5. The molecule has 0 spiro atoms. The van der Waals surface area contributed by atoms with Gasteiger partial charge in [-0.05, 0) is 56.7 Å². The van der Waals surface area contributed by atoms with Crippen LogP contribution in [0.25, 0.3) is 10.8 Å². The Morgan fingerprint density at radius 1 is 1.30 bits per heavy atom. The third-order valence-electron chi connectivity index (χ3n) is 3.85. The predicted molar refractivity (Wildman–Crippen MR) is 117 cm³/mol. The largest absolute Gasteiger partial charge is 0.396 e. The first-order valence-corrected chi connectivity index (χ1v) is 9.75. The van der Waals surface area contributed by atoms with Gasteiger partial charge >= 0.3 is 0 Å². The number of hydrazine groups is 1. The summed E-state index contributed by atoms with van der Waals surface area (Å²) in [6.07, 6.45) is 4.37. The lowest BCUT2D eigenvalue weighted by Gasteiger charge is -2.18. The van der Waals surface area contributed by atoms with Crippen molar-refractivity contribution in [3.05, 3.63) is 58.3 Å². The highest BCUT2D eigenvalue weighted by atomic mass is 32.2. The fourth-order valence-corrected chi connectivity index (χ4v) is 3.15. The van der Waals surface area contributed by atoms with Gasteiger partial charge in [0.05, 0.1) is 5.70 Å². The topological polar surface area (TPSA) is 89.6 Å². The number of benzene rings is 1. The van der Waals surface area contributed by atoms with Crippen LogP contribution >= 0.6 is 11.9 Å². The first kappa shape index (κ1) is 21.1. The molecular weight excluding hydrogens is 358 g/mol. The Kier molecular flexibility index (Phi) is 6.73. The van der Waals surface area contributed by atoms with Crippen LogP contribution in [0.5, 0.6) is 0 Å². The van der Waals surface area contributed by atoms with Gasteiger partial charge in [-0.25, -0.2) is 10.2 Å². The number of aromatic nitrogens is 1. The Bertz CT molecular complexity index is 924. The minimum absolute atomic E-state index is 0.0499. The number of nitrogens with zero attached hydrogens (tertiary/aromatic N) is 3. The molecule has 2 rings (SSSR count). The third kappa shape index (κ3) is 5.37. The van der Waals surface area contributed by atoms with Crippen molar-refractivity contribution in [2.75, 3.05) is 6.54 Å². The number of pyridine rings is 1. The van der Waals surface area contributed by atoms with Crippen LogP contribution in [0.3, 0.4) is 0 Å². The van der Waals surface area contributed by atoms with Gasteiger partial charge in [0.2, 0.25) is 0 Å². The average molecular weight is 388 g/mol. The molecule has 0 radical (unpaired) electrons. The van der Waals surface area contributed by atoms with E-state index in [1.807, 2.05) is 24.3 Å². The molecule has 27 heavy (non-hydrogen) atoms. The molecule has 6 nitrogen and oxygen atoms in total. The van der Waals surface area contributed by atoms with E-state index in [0.29, 0.717) is 23.3 Å². The van der Waals surface area contributed by atoms with Gasteiger partial charge in [0.25, 0.3) is 5.56 Å². The van der Waals surface area contributed by atoms with Crippen LogP contribution < -0.4 is 17.1 Å². The maximum atomic E-state index is 12.5. The molecule has 0 atom stereocenters. The van der Waals surface area contributed by atoms with Crippen LogP contribution in [-0.4, -0.2) is 26.6 Å². The summed E-state index contributed by atoms with van der Waals surface area (Å²) in [6.45, 7) is 9.00. The number of nitrogens with two attached hydrogens (primary N) is 2. The van der Waals surface area contributed by atoms with Crippen molar-refractivity contribution < 1.29 is 0 Å². The van der Waals surface area contributed by atoms with Crippen LogP contribution in [0, 0.1) is 0 Å². The van der Waals surface area contributed by atoms with E-state index in [0.717, 1.165) is 17.4 Å². The average Bonchev–Trinajstić information content (AvgIpc) is 2.57. The summed E-state index contributed by atoms with van der Waals surface area (Å²) in [5, 5.41) is 3.03. The lowest BCUT2D eigenvalue weighted by molar-refractivity contribution is 0.391. The van der Waals surface area contributed by atoms with Crippen molar-refractivity contribution in [2.24, 2.45) is 23.0 Å². The molecule has 0 bridgehead atoms. The Morgan fingerprint density at radius 2 is 2.00 bits per heavy atom. The molecule has 146 valence electrons. The number of hydrogen-bond acceptors (Lipinski definition) is 6. The van der Waals surface area contributed by atoms with E-state index in [9.17, 15) is 4.79 Å². The highest BCUT2D eigenvalue weighted by Gasteiger charge is 2.17. The van der Waals surface area contributed by atoms with Crippen molar-refractivity contribution in [3.8, 4) is 0 Å². The zero-order valence-corrected chi connectivity index (χ0v) is 17.5. The molecule has 1 aromatic carbocycles. The fraction of sp³-hybridized carbons (Fsp3) is 0.400. The maximum Gasteiger partial charge on any atom is 0.258 e. The van der Waals surface area contributed by atoms with Crippen LogP contribution in [0.2, 0.25) is 0 Å². The van der Waals surface area contributed by atoms with E-state index in [1.165, 1.54) is 11.9 Å². The molecule has 0 unspecified atom stereocenters. The second-order valence-corrected chi connectivity index (χ2v) is 9.05. The zero-order valence-electron chi connectivity index (χ0n) is 16.7. The number of aryl methyl sites for hydroxylation is 1. The molecule has 0 aliphatic rings. The summed E-state index contributed by atoms with van der Waals surface area (Å²) < 4.78 is 6.22. The number of rotatable bonds is 6. The summed E-state index contributed by atoms with van der Waals surface area (Å²) in [5.74, 6) is 6.00. The summed E-state index contributed by atoms with van der Waals surface area (Å²) in [6, 6.07) is 7.53. The monoisotopic (exact) mass is 387 g/mol. The second kappa shape index (κ2) is 8.63. The van der Waals surface area contributed by atoms with E-state index in [2.05, 4.69) is 27.7 Å². The van der Waals surface area contributed by atoms with Gasteiger partial charge < -0.3 is 15.3 Å². The van der Waals surface area contributed by atoms with Crippen molar-refractivity contribution in [3.63, 3.8) is 0 Å². The van der Waals surface area contributed by atoms with Gasteiger partial charge in [0.15, 0.2) is 0 Å². The predicted octanol–water partition coefficient (Wildman–Crippen LogP) is 3.16. The molecule has 0 amide bonds. The van der Waals surface area contributed by atoms with Crippen LogP contribution in [-0.2, 0) is 7.05 Å². The first-order valence-electron chi connectivity index (χ1n) is 8.98. The highest BCUT2D eigenvalue weighted by molar-refractivity contribution is 7.99. The van der Waals surface area contributed by atoms with Crippen molar-refractivity contribution in [2.45, 2.75) is 38.9 Å². The molecule has 0 fully saturated rings. The number of fused-ring (bicyclic) bond motifs is 1. The molecule has 2 aromatic rings. The molecule has 0 aliphatic carbocycles. The van der Waals surface area contributed by atoms with E-state index in [4.69, 9.17) is 16.0 Å². The van der Waals surface area contributed by atoms with Crippen molar-refractivity contribution in [1.29, 1.82) is 0 Å². The van der Waals surface area contributed by atoms with Crippen LogP contribution in [0.4, 0.5) is 0 Å². The molecule has 4 N–H and O–H groups in total. The van der Waals surface area contributed by atoms with Gasteiger partial charge in [0, 0.05) is 41.7 Å². The SMILES string of the molecule is CCCN(N)/C=C(\N)C(=NSC(C)(C)C)c1cccc2c(=O)n(C)ccc12. The van der Waals surface area contributed by atoms with Gasteiger partial charge in [0.1, 0.15) is 5.71 Å². The summed E-state index contributed by atoms with van der Waals surface area (Å²) in [5.41, 5.74) is 8.25. The quantitative estimate of drug-likeness (QED) is 0.344. The molecule has 1 heterocycles. The van der Waals surface area contributed by atoms with E-state index < -0.39 is 0 Å². The van der Waals surface area contributed by atoms with Gasteiger partial charge in [-0.15, -0.1) is 0 Å². The van der Waals surface area contributed by atoms with Crippen molar-refractivity contribution in [1.82, 2.24) is 9.58 Å². The molecule has 0 aliphatic heterocycles. The minimum atomic E-state index is -0.0714. The Balaban J connectivity index is 2.66. The lowest BCUT2D eigenvalue weighted by atomic mass is 10.0. The van der Waals surface area contributed by atoms with Gasteiger partial charge in [-0.1, -0.05) is 19.1 Å². The summed E-state index contributed by atoms with van der Waals surface area (Å²) in [7, 11) is 1.74. The third-order valence-corrected chi connectivity index (χ3v) is 4.67. The van der Waals surface area contributed by atoms with E-state index in [1.54, 1.807) is 29.0 Å². The van der Waals surface area contributed by atoms with Gasteiger partial charge in [-0.3, -0.25) is 4.79 Å². The van der Waals surface area contributed by atoms with E-state index in [-0.39, 0.29) is 10.3 Å². The Labute approximate surface area is 165 Å². The Morgan fingerprint density at radius 3 is 2.63 bits per heavy atom. The van der Waals surface area contributed by atoms with E-state index >= 15 is 0 Å². The summed E-state index contributed by atoms with van der Waals surface area (Å²) in [4.78, 5) is 12.5. The Hall–Kier alpha value is -2.25. The highest BCUT2D eigenvalue weighted by Crippen LogP contribution is 2.27.